The van der Waals surface area contributed by atoms with Crippen molar-refractivity contribution in [3.8, 4) is 11.5 Å². The highest BCUT2D eigenvalue weighted by Crippen LogP contribution is 2.42. The van der Waals surface area contributed by atoms with Gasteiger partial charge in [0.1, 0.15) is 11.6 Å². The molecule has 1 aliphatic rings. The van der Waals surface area contributed by atoms with Crippen molar-refractivity contribution < 1.29 is 28.6 Å². The Kier molecular flexibility index (Phi) is 9.69. The largest absolute Gasteiger partial charge is 0.507 e. The molecule has 0 bridgehead atoms. The predicted octanol–water partition coefficient (Wildman–Crippen LogP) is 5.02. The second-order valence-corrected chi connectivity index (χ2v) is 9.83. The number of hydrogen-bond donors (Lipinski definition) is 1. The SMILES string of the molecule is CCOc1cc(C2/C(=C(\O)c3ccc(F)cc3)C(=O)C(=O)N2CCCN(C)C)ccc1OCCC(C)C. The molecule has 1 N–H and O–H groups in total. The van der Waals surface area contributed by atoms with E-state index in [9.17, 15) is 19.1 Å². The molecule has 1 aliphatic heterocycles. The Morgan fingerprint density at radius 1 is 1.08 bits per heavy atom. The van der Waals surface area contributed by atoms with Crippen molar-refractivity contribution in [2.24, 2.45) is 5.92 Å². The standard InChI is InChI=1S/C29H37FN2O5/c1-6-36-24-18-21(10-13-23(24)37-17-14-19(2)3)26-25(27(33)20-8-11-22(30)12-9-20)28(34)29(35)32(26)16-7-15-31(4)5/h8-13,18-19,26,33H,6-7,14-17H2,1-5H3/b27-25+. The molecule has 1 saturated heterocycles. The van der Waals surface area contributed by atoms with Crippen LogP contribution in [0.2, 0.25) is 0 Å². The van der Waals surface area contributed by atoms with Crippen LogP contribution in [0.25, 0.3) is 5.76 Å². The average Bonchev–Trinajstić information content (AvgIpc) is 3.09. The van der Waals surface area contributed by atoms with Crippen LogP contribution in [0.5, 0.6) is 11.5 Å². The molecule has 0 spiro atoms. The highest BCUT2D eigenvalue weighted by atomic mass is 19.1. The summed E-state index contributed by atoms with van der Waals surface area (Å²) in [7, 11) is 3.87. The lowest BCUT2D eigenvalue weighted by molar-refractivity contribution is -0.139. The Hall–Kier alpha value is -3.39. The summed E-state index contributed by atoms with van der Waals surface area (Å²) >= 11 is 0. The third kappa shape index (κ3) is 6.89. The lowest BCUT2D eigenvalue weighted by atomic mass is 9.95. The Labute approximate surface area is 218 Å². The van der Waals surface area contributed by atoms with Gasteiger partial charge in [0.05, 0.1) is 24.8 Å². The van der Waals surface area contributed by atoms with Crippen LogP contribution in [0.3, 0.4) is 0 Å². The van der Waals surface area contributed by atoms with Crippen LogP contribution in [0.1, 0.15) is 50.8 Å². The van der Waals surface area contributed by atoms with Crippen molar-refractivity contribution in [2.75, 3.05) is 40.4 Å². The van der Waals surface area contributed by atoms with Gasteiger partial charge in [-0.15, -0.1) is 0 Å². The van der Waals surface area contributed by atoms with E-state index >= 15 is 0 Å². The smallest absolute Gasteiger partial charge is 0.295 e. The van der Waals surface area contributed by atoms with E-state index < -0.39 is 23.5 Å². The van der Waals surface area contributed by atoms with Gasteiger partial charge in [0, 0.05) is 12.1 Å². The number of amides is 1. The van der Waals surface area contributed by atoms with Gasteiger partial charge in [-0.1, -0.05) is 19.9 Å². The van der Waals surface area contributed by atoms with Crippen LogP contribution >= 0.6 is 0 Å². The van der Waals surface area contributed by atoms with Crippen molar-refractivity contribution in [2.45, 2.75) is 39.7 Å². The maximum atomic E-state index is 13.5. The minimum Gasteiger partial charge on any atom is -0.507 e. The maximum Gasteiger partial charge on any atom is 0.295 e. The van der Waals surface area contributed by atoms with Crippen molar-refractivity contribution in [1.82, 2.24) is 9.80 Å². The molecule has 3 rings (SSSR count). The van der Waals surface area contributed by atoms with E-state index in [0.717, 1.165) is 13.0 Å². The number of carbonyl (C=O) groups is 2. The molecule has 1 amide bonds. The fourth-order valence-corrected chi connectivity index (χ4v) is 4.26. The minimum absolute atomic E-state index is 0.0302. The molecule has 0 saturated carbocycles. The molecule has 2 aromatic carbocycles. The van der Waals surface area contributed by atoms with Gasteiger partial charge >= 0.3 is 0 Å². The number of aliphatic hydroxyl groups excluding tert-OH is 1. The molecule has 8 heteroatoms. The molecule has 200 valence electrons. The summed E-state index contributed by atoms with van der Waals surface area (Å²) in [5.74, 6) is -0.684. The zero-order valence-electron chi connectivity index (χ0n) is 22.3. The molecule has 0 aromatic heterocycles. The van der Waals surface area contributed by atoms with Crippen LogP contribution in [-0.2, 0) is 9.59 Å². The van der Waals surface area contributed by atoms with Crippen LogP contribution in [0.4, 0.5) is 4.39 Å². The number of ketones is 1. The Balaban J connectivity index is 2.08. The van der Waals surface area contributed by atoms with E-state index in [0.29, 0.717) is 49.2 Å². The van der Waals surface area contributed by atoms with Crippen molar-refractivity contribution in [3.63, 3.8) is 0 Å². The molecule has 1 fully saturated rings. The van der Waals surface area contributed by atoms with Crippen LogP contribution in [-0.4, -0.2) is 67.0 Å². The van der Waals surface area contributed by atoms with Gasteiger partial charge in [-0.2, -0.15) is 0 Å². The molecular weight excluding hydrogens is 475 g/mol. The van der Waals surface area contributed by atoms with Gasteiger partial charge in [0.15, 0.2) is 11.5 Å². The molecular formula is C29H37FN2O5. The number of hydrogen-bond acceptors (Lipinski definition) is 6. The Bertz CT molecular complexity index is 1130. The lowest BCUT2D eigenvalue weighted by Gasteiger charge is -2.26. The van der Waals surface area contributed by atoms with E-state index in [1.165, 1.54) is 29.2 Å². The van der Waals surface area contributed by atoms with Gasteiger partial charge in [0.2, 0.25) is 0 Å². The fourth-order valence-electron chi connectivity index (χ4n) is 4.26. The summed E-state index contributed by atoms with van der Waals surface area (Å²) in [6.45, 7) is 8.09. The summed E-state index contributed by atoms with van der Waals surface area (Å²) < 4.78 is 25.3. The van der Waals surface area contributed by atoms with Crippen LogP contribution in [0, 0.1) is 11.7 Å². The summed E-state index contributed by atoms with van der Waals surface area (Å²) in [6, 6.07) is 9.69. The quantitative estimate of drug-likeness (QED) is 0.244. The van der Waals surface area contributed by atoms with Crippen molar-refractivity contribution in [1.29, 1.82) is 0 Å². The van der Waals surface area contributed by atoms with E-state index in [4.69, 9.17) is 9.47 Å². The Morgan fingerprint density at radius 3 is 2.41 bits per heavy atom. The first-order valence-electron chi connectivity index (χ1n) is 12.7. The zero-order valence-corrected chi connectivity index (χ0v) is 22.3. The zero-order chi connectivity index (χ0) is 27.1. The molecule has 1 heterocycles. The summed E-state index contributed by atoms with van der Waals surface area (Å²) in [4.78, 5) is 29.9. The van der Waals surface area contributed by atoms with Gasteiger partial charge < -0.3 is 24.4 Å². The Morgan fingerprint density at radius 2 is 1.78 bits per heavy atom. The summed E-state index contributed by atoms with van der Waals surface area (Å²) in [5, 5.41) is 11.2. The first kappa shape index (κ1) is 28.2. The van der Waals surface area contributed by atoms with Crippen LogP contribution < -0.4 is 9.47 Å². The molecule has 0 radical (unpaired) electrons. The number of halogens is 1. The minimum atomic E-state index is -0.823. The topological polar surface area (TPSA) is 79.3 Å². The molecule has 37 heavy (non-hydrogen) atoms. The fraction of sp³-hybridized carbons (Fsp3) is 0.448. The second-order valence-electron chi connectivity index (χ2n) is 9.83. The van der Waals surface area contributed by atoms with E-state index in [-0.39, 0.29) is 16.9 Å². The molecule has 1 unspecified atom stereocenters. The average molecular weight is 513 g/mol. The number of ether oxygens (including phenoxy) is 2. The van der Waals surface area contributed by atoms with Crippen LogP contribution in [0.15, 0.2) is 48.0 Å². The molecule has 1 atom stereocenters. The van der Waals surface area contributed by atoms with Gasteiger partial charge in [-0.3, -0.25) is 9.59 Å². The summed E-state index contributed by atoms with van der Waals surface area (Å²) in [5.41, 5.74) is 0.848. The number of Topliss-reactive ketones (excluding diaryl/α,β-unsaturated/α-hetero) is 1. The van der Waals surface area contributed by atoms with Gasteiger partial charge in [0.25, 0.3) is 11.7 Å². The number of aliphatic hydroxyl groups is 1. The molecule has 7 nitrogen and oxygen atoms in total. The molecule has 0 aliphatic carbocycles. The number of rotatable bonds is 12. The third-order valence-electron chi connectivity index (χ3n) is 6.20. The van der Waals surface area contributed by atoms with Gasteiger partial charge in [-0.05, 0) is 88.3 Å². The lowest BCUT2D eigenvalue weighted by Crippen LogP contribution is -2.32. The number of carbonyl (C=O) groups excluding carboxylic acids is 2. The first-order valence-corrected chi connectivity index (χ1v) is 12.7. The molecule has 2 aromatic rings. The highest BCUT2D eigenvalue weighted by molar-refractivity contribution is 6.46. The van der Waals surface area contributed by atoms with E-state index in [1.54, 1.807) is 18.2 Å². The summed E-state index contributed by atoms with van der Waals surface area (Å²) in [6.07, 6.45) is 1.53. The van der Waals surface area contributed by atoms with E-state index in [2.05, 4.69) is 13.8 Å². The normalized spacial score (nSPS) is 17.2. The number of benzene rings is 2. The predicted molar refractivity (Wildman–Crippen MR) is 141 cm³/mol. The second kappa shape index (κ2) is 12.7. The monoisotopic (exact) mass is 512 g/mol. The number of nitrogens with zero attached hydrogens (tertiary/aromatic N) is 2. The van der Waals surface area contributed by atoms with Crippen molar-refractivity contribution >= 4 is 17.4 Å². The third-order valence-corrected chi connectivity index (χ3v) is 6.20. The van der Waals surface area contributed by atoms with E-state index in [1.807, 2.05) is 25.9 Å². The van der Waals surface area contributed by atoms with Gasteiger partial charge in [-0.25, -0.2) is 4.39 Å². The maximum absolute atomic E-state index is 13.5. The van der Waals surface area contributed by atoms with Crippen molar-refractivity contribution in [3.05, 3.63) is 65.0 Å². The highest BCUT2D eigenvalue weighted by Gasteiger charge is 2.46. The first-order chi connectivity index (χ1) is 17.6. The number of likely N-dealkylation sites (tertiary alicyclic amines) is 1.